The number of nitrogens with one attached hydrogen (secondary N) is 1. The Balaban J connectivity index is 1.55. The third-order valence-electron chi connectivity index (χ3n) is 5.19. The van der Waals surface area contributed by atoms with Gasteiger partial charge >= 0.3 is 0 Å². The van der Waals surface area contributed by atoms with Gasteiger partial charge in [0.05, 0.1) is 18.2 Å². The van der Waals surface area contributed by atoms with Crippen molar-refractivity contribution in [2.24, 2.45) is 5.92 Å². The van der Waals surface area contributed by atoms with Gasteiger partial charge in [0.25, 0.3) is 0 Å². The van der Waals surface area contributed by atoms with Crippen molar-refractivity contribution in [2.75, 3.05) is 6.54 Å². The van der Waals surface area contributed by atoms with E-state index in [9.17, 15) is 9.59 Å². The summed E-state index contributed by atoms with van der Waals surface area (Å²) < 4.78 is 5.12. The topological polar surface area (TPSA) is 75.4 Å². The van der Waals surface area contributed by atoms with Gasteiger partial charge in [0.15, 0.2) is 5.76 Å². The van der Waals surface area contributed by atoms with Crippen LogP contribution in [0.15, 0.2) is 10.6 Å². The zero-order chi connectivity index (χ0) is 16.9. The minimum Gasteiger partial charge on any atom is -0.359 e. The van der Waals surface area contributed by atoms with Crippen LogP contribution >= 0.6 is 0 Å². The number of aryl methyl sites for hydroxylation is 1. The van der Waals surface area contributed by atoms with Gasteiger partial charge in [-0.15, -0.1) is 0 Å². The smallest absolute Gasteiger partial charge is 0.225 e. The van der Waals surface area contributed by atoms with Gasteiger partial charge in [-0.25, -0.2) is 0 Å². The molecule has 1 saturated heterocycles. The van der Waals surface area contributed by atoms with E-state index in [1.807, 2.05) is 17.9 Å². The first-order valence-electron chi connectivity index (χ1n) is 9.13. The summed E-state index contributed by atoms with van der Waals surface area (Å²) in [4.78, 5) is 26.8. The number of aromatic nitrogens is 1. The van der Waals surface area contributed by atoms with Crippen LogP contribution in [-0.2, 0) is 16.1 Å². The second-order valence-electron chi connectivity index (χ2n) is 7.08. The molecule has 1 aliphatic carbocycles. The maximum absolute atomic E-state index is 12.5. The van der Waals surface area contributed by atoms with Crippen molar-refractivity contribution in [1.29, 1.82) is 0 Å². The molecule has 1 unspecified atom stereocenters. The van der Waals surface area contributed by atoms with Crippen LogP contribution in [0.4, 0.5) is 0 Å². The molecule has 2 amide bonds. The number of carbonyl (C=O) groups is 2. The zero-order valence-corrected chi connectivity index (χ0v) is 14.4. The fourth-order valence-electron chi connectivity index (χ4n) is 3.83. The molecule has 0 spiro atoms. The molecule has 6 heteroatoms. The van der Waals surface area contributed by atoms with Crippen LogP contribution in [0.25, 0.3) is 0 Å². The third-order valence-corrected chi connectivity index (χ3v) is 5.19. The van der Waals surface area contributed by atoms with Gasteiger partial charge < -0.3 is 14.7 Å². The molecule has 1 saturated carbocycles. The monoisotopic (exact) mass is 333 g/mol. The van der Waals surface area contributed by atoms with Crippen LogP contribution in [0.1, 0.15) is 62.8 Å². The van der Waals surface area contributed by atoms with Crippen molar-refractivity contribution in [3.05, 3.63) is 17.5 Å². The average molecular weight is 333 g/mol. The molecule has 0 aromatic carbocycles. The number of hydrogen-bond donors (Lipinski definition) is 1. The van der Waals surface area contributed by atoms with Crippen molar-refractivity contribution in [1.82, 2.24) is 15.4 Å². The number of carbonyl (C=O) groups excluding carboxylic acids is 2. The number of likely N-dealkylation sites (tertiary alicyclic amines) is 1. The number of rotatable bonds is 4. The quantitative estimate of drug-likeness (QED) is 0.859. The number of piperidine rings is 1. The Labute approximate surface area is 142 Å². The number of nitrogens with zero attached hydrogens (tertiary/aromatic N) is 2. The van der Waals surface area contributed by atoms with E-state index >= 15 is 0 Å². The minimum absolute atomic E-state index is 0.00942. The van der Waals surface area contributed by atoms with Crippen molar-refractivity contribution in [2.45, 2.75) is 70.9 Å². The SMILES string of the molecule is Cc1cc(CNC(=O)C2CCC(=O)N(C3CCCCCC3)C2)on1. The van der Waals surface area contributed by atoms with Gasteiger partial charge in [-0.1, -0.05) is 30.8 Å². The van der Waals surface area contributed by atoms with E-state index in [1.54, 1.807) is 0 Å². The van der Waals surface area contributed by atoms with E-state index in [0.717, 1.165) is 18.5 Å². The molecule has 1 aromatic heterocycles. The Hall–Kier alpha value is -1.85. The van der Waals surface area contributed by atoms with E-state index in [0.29, 0.717) is 37.7 Å². The van der Waals surface area contributed by atoms with E-state index < -0.39 is 0 Å². The van der Waals surface area contributed by atoms with Gasteiger partial charge in [-0.05, 0) is 26.2 Å². The summed E-state index contributed by atoms with van der Waals surface area (Å²) in [5.41, 5.74) is 0.807. The predicted molar refractivity (Wildman–Crippen MR) is 89.0 cm³/mol. The molecule has 1 aliphatic heterocycles. The van der Waals surface area contributed by atoms with E-state index in [2.05, 4.69) is 10.5 Å². The lowest BCUT2D eigenvalue weighted by Gasteiger charge is -2.37. The summed E-state index contributed by atoms with van der Waals surface area (Å²) in [6, 6.07) is 2.15. The van der Waals surface area contributed by atoms with Crippen molar-refractivity contribution < 1.29 is 14.1 Å². The highest BCUT2D eigenvalue weighted by Crippen LogP contribution is 2.27. The maximum Gasteiger partial charge on any atom is 0.225 e. The predicted octanol–water partition coefficient (Wildman–Crippen LogP) is 2.56. The van der Waals surface area contributed by atoms with Crippen molar-refractivity contribution >= 4 is 11.8 Å². The Kier molecular flexibility index (Phi) is 5.53. The zero-order valence-electron chi connectivity index (χ0n) is 14.4. The van der Waals surface area contributed by atoms with Crippen molar-refractivity contribution in [3.63, 3.8) is 0 Å². The molecule has 2 fully saturated rings. The molecule has 132 valence electrons. The summed E-state index contributed by atoms with van der Waals surface area (Å²) in [6.07, 6.45) is 8.19. The fraction of sp³-hybridized carbons (Fsp3) is 0.722. The fourth-order valence-corrected chi connectivity index (χ4v) is 3.83. The van der Waals surface area contributed by atoms with E-state index in [4.69, 9.17) is 4.52 Å². The lowest BCUT2D eigenvalue weighted by molar-refractivity contribution is -0.141. The molecule has 24 heavy (non-hydrogen) atoms. The second-order valence-corrected chi connectivity index (χ2v) is 7.08. The molecule has 3 rings (SSSR count). The van der Waals surface area contributed by atoms with Crippen LogP contribution < -0.4 is 5.32 Å². The Morgan fingerprint density at radius 2 is 2.04 bits per heavy atom. The van der Waals surface area contributed by atoms with Crippen LogP contribution in [0.2, 0.25) is 0 Å². The van der Waals surface area contributed by atoms with Gasteiger partial charge in [0.2, 0.25) is 11.8 Å². The highest BCUT2D eigenvalue weighted by Gasteiger charge is 2.34. The second kappa shape index (κ2) is 7.81. The molecule has 2 heterocycles. The lowest BCUT2D eigenvalue weighted by Crippen LogP contribution is -2.49. The summed E-state index contributed by atoms with van der Waals surface area (Å²) in [5.74, 6) is 0.773. The lowest BCUT2D eigenvalue weighted by atomic mass is 9.93. The molecule has 1 N–H and O–H groups in total. The van der Waals surface area contributed by atoms with Crippen molar-refractivity contribution in [3.8, 4) is 0 Å². The molecule has 1 aromatic rings. The van der Waals surface area contributed by atoms with E-state index in [1.165, 1.54) is 25.7 Å². The maximum atomic E-state index is 12.5. The largest absolute Gasteiger partial charge is 0.359 e. The third kappa shape index (κ3) is 4.16. The molecule has 0 bridgehead atoms. The van der Waals surface area contributed by atoms with Crippen LogP contribution in [0.5, 0.6) is 0 Å². The summed E-state index contributed by atoms with van der Waals surface area (Å²) >= 11 is 0. The number of amides is 2. The van der Waals surface area contributed by atoms with Crippen LogP contribution in [-0.4, -0.2) is 34.5 Å². The highest BCUT2D eigenvalue weighted by atomic mass is 16.5. The molecule has 0 radical (unpaired) electrons. The molecule has 6 nitrogen and oxygen atoms in total. The standard InChI is InChI=1S/C18H27N3O3/c1-13-10-16(24-20-13)11-19-18(23)14-8-9-17(22)21(12-14)15-6-4-2-3-5-7-15/h10,14-15H,2-9,11-12H2,1H3,(H,19,23). The van der Waals surface area contributed by atoms with Gasteiger partial charge in [0.1, 0.15) is 0 Å². The van der Waals surface area contributed by atoms with E-state index in [-0.39, 0.29) is 17.7 Å². The molecule has 2 aliphatic rings. The normalized spacial score (nSPS) is 23.1. The molecular formula is C18H27N3O3. The first-order chi connectivity index (χ1) is 11.6. The summed E-state index contributed by atoms with van der Waals surface area (Å²) in [7, 11) is 0. The first kappa shape index (κ1) is 17.0. The van der Waals surface area contributed by atoms with Gasteiger partial charge in [0, 0.05) is 25.1 Å². The summed E-state index contributed by atoms with van der Waals surface area (Å²) in [5, 5.41) is 6.74. The minimum atomic E-state index is -0.116. The Bertz CT molecular complexity index is 576. The van der Waals surface area contributed by atoms with Gasteiger partial charge in [-0.2, -0.15) is 0 Å². The Morgan fingerprint density at radius 1 is 1.29 bits per heavy atom. The highest BCUT2D eigenvalue weighted by molar-refractivity contribution is 5.84. The first-order valence-corrected chi connectivity index (χ1v) is 9.13. The molecular weight excluding hydrogens is 306 g/mol. The van der Waals surface area contributed by atoms with Gasteiger partial charge in [-0.3, -0.25) is 9.59 Å². The van der Waals surface area contributed by atoms with Crippen LogP contribution in [0.3, 0.4) is 0 Å². The Morgan fingerprint density at radius 3 is 2.71 bits per heavy atom. The average Bonchev–Trinajstić information content (AvgIpc) is 2.83. The number of hydrogen-bond acceptors (Lipinski definition) is 4. The van der Waals surface area contributed by atoms with Crippen LogP contribution in [0, 0.1) is 12.8 Å². The summed E-state index contributed by atoms with van der Waals surface area (Å²) in [6.45, 7) is 2.77. The molecule has 1 atom stereocenters.